The molecule has 0 saturated carbocycles. The molecule has 106 valence electrons. The molecule has 0 fully saturated rings. The first-order valence-electron chi connectivity index (χ1n) is 7.40. The lowest BCUT2D eigenvalue weighted by atomic mass is 9.81. The van der Waals surface area contributed by atoms with Gasteiger partial charge in [0.05, 0.1) is 5.60 Å². The molecular formula is C19H24O. The van der Waals surface area contributed by atoms with Gasteiger partial charge in [-0.2, -0.15) is 0 Å². The average Bonchev–Trinajstić information content (AvgIpc) is 2.44. The zero-order valence-corrected chi connectivity index (χ0v) is 12.7. The molecule has 0 aliphatic rings. The summed E-state index contributed by atoms with van der Waals surface area (Å²) in [5.41, 5.74) is 4.04. The van der Waals surface area contributed by atoms with Gasteiger partial charge in [0, 0.05) is 6.42 Å². The minimum absolute atomic E-state index is 0.684. The van der Waals surface area contributed by atoms with E-state index in [0.717, 1.165) is 18.4 Å². The molecule has 1 N–H and O–H groups in total. The fraction of sp³-hybridized carbons (Fsp3) is 0.368. The molecule has 0 aromatic heterocycles. The van der Waals surface area contributed by atoms with Crippen LogP contribution in [0.5, 0.6) is 0 Å². The third-order valence-electron chi connectivity index (χ3n) is 4.09. The van der Waals surface area contributed by atoms with E-state index in [1.54, 1.807) is 0 Å². The van der Waals surface area contributed by atoms with Crippen molar-refractivity contribution in [3.05, 3.63) is 70.8 Å². The van der Waals surface area contributed by atoms with Gasteiger partial charge in [-0.15, -0.1) is 0 Å². The maximum Gasteiger partial charge on any atom is 0.0936 e. The van der Waals surface area contributed by atoms with Gasteiger partial charge in [-0.1, -0.05) is 61.9 Å². The summed E-state index contributed by atoms with van der Waals surface area (Å²) in [6.45, 7) is 6.37. The van der Waals surface area contributed by atoms with Crippen molar-refractivity contribution in [2.45, 2.75) is 45.6 Å². The predicted molar refractivity (Wildman–Crippen MR) is 84.9 cm³/mol. The summed E-state index contributed by atoms with van der Waals surface area (Å²) in [4.78, 5) is 0. The van der Waals surface area contributed by atoms with Crippen LogP contribution in [0.3, 0.4) is 0 Å². The number of aliphatic hydroxyl groups is 1. The monoisotopic (exact) mass is 268 g/mol. The Morgan fingerprint density at radius 2 is 1.50 bits per heavy atom. The van der Waals surface area contributed by atoms with Gasteiger partial charge >= 0.3 is 0 Å². The molecule has 2 aromatic rings. The largest absolute Gasteiger partial charge is 0.385 e. The molecule has 0 radical (unpaired) electrons. The van der Waals surface area contributed by atoms with E-state index in [-0.39, 0.29) is 0 Å². The van der Waals surface area contributed by atoms with E-state index in [4.69, 9.17) is 0 Å². The van der Waals surface area contributed by atoms with E-state index < -0.39 is 5.60 Å². The smallest absolute Gasteiger partial charge is 0.0936 e. The van der Waals surface area contributed by atoms with E-state index in [1.807, 2.05) is 30.3 Å². The molecule has 20 heavy (non-hydrogen) atoms. The lowest BCUT2D eigenvalue weighted by Gasteiger charge is -2.30. The highest BCUT2D eigenvalue weighted by atomic mass is 16.3. The minimum atomic E-state index is -0.771. The first-order valence-corrected chi connectivity index (χ1v) is 7.40. The van der Waals surface area contributed by atoms with Crippen LogP contribution in [0, 0.1) is 13.8 Å². The van der Waals surface area contributed by atoms with Gasteiger partial charge in [0.2, 0.25) is 0 Å². The quantitative estimate of drug-likeness (QED) is 0.844. The number of benzene rings is 2. The van der Waals surface area contributed by atoms with Crippen LogP contribution in [0.1, 0.15) is 42.0 Å². The summed E-state index contributed by atoms with van der Waals surface area (Å²) in [5.74, 6) is 0. The summed E-state index contributed by atoms with van der Waals surface area (Å²) < 4.78 is 0. The highest BCUT2D eigenvalue weighted by Crippen LogP contribution is 2.32. The summed E-state index contributed by atoms with van der Waals surface area (Å²) in [5, 5.41) is 11.2. The first kappa shape index (κ1) is 14.8. The van der Waals surface area contributed by atoms with Gasteiger partial charge in [-0.05, 0) is 42.5 Å². The fourth-order valence-electron chi connectivity index (χ4n) is 2.92. The molecule has 0 bridgehead atoms. The first-order chi connectivity index (χ1) is 9.57. The molecular weight excluding hydrogens is 244 g/mol. The number of aryl methyl sites for hydroxylation is 2. The van der Waals surface area contributed by atoms with Crippen molar-refractivity contribution in [3.63, 3.8) is 0 Å². The topological polar surface area (TPSA) is 20.2 Å². The second kappa shape index (κ2) is 6.23. The van der Waals surface area contributed by atoms with Gasteiger partial charge in [0.1, 0.15) is 0 Å². The van der Waals surface area contributed by atoms with Crippen molar-refractivity contribution in [1.82, 2.24) is 0 Å². The third kappa shape index (κ3) is 3.10. The second-order valence-corrected chi connectivity index (χ2v) is 5.69. The van der Waals surface area contributed by atoms with Crippen LogP contribution in [0.25, 0.3) is 0 Å². The maximum absolute atomic E-state index is 11.2. The normalized spacial score (nSPS) is 14.0. The van der Waals surface area contributed by atoms with Crippen LogP contribution >= 0.6 is 0 Å². The molecule has 1 heteroatoms. The van der Waals surface area contributed by atoms with Crippen LogP contribution in [-0.2, 0) is 12.0 Å². The van der Waals surface area contributed by atoms with Crippen LogP contribution < -0.4 is 0 Å². The lowest BCUT2D eigenvalue weighted by Crippen LogP contribution is -2.29. The summed E-state index contributed by atoms with van der Waals surface area (Å²) in [7, 11) is 0. The SMILES string of the molecule is CCCC(O)(Cc1c(C)cccc1C)c1ccccc1. The molecule has 1 atom stereocenters. The van der Waals surface area contributed by atoms with Crippen LogP contribution in [-0.4, -0.2) is 5.11 Å². The second-order valence-electron chi connectivity index (χ2n) is 5.69. The molecule has 0 aliphatic carbocycles. The standard InChI is InChI=1S/C19H24O/c1-4-13-19(20,17-11-6-5-7-12-17)14-18-15(2)9-8-10-16(18)3/h5-12,20H,4,13-14H2,1-3H3. The Morgan fingerprint density at radius 1 is 0.900 bits per heavy atom. The molecule has 0 amide bonds. The third-order valence-corrected chi connectivity index (χ3v) is 4.09. The van der Waals surface area contributed by atoms with Gasteiger partial charge in [0.15, 0.2) is 0 Å². The van der Waals surface area contributed by atoms with Crippen molar-refractivity contribution in [2.75, 3.05) is 0 Å². The van der Waals surface area contributed by atoms with E-state index in [1.165, 1.54) is 16.7 Å². The Kier molecular flexibility index (Phi) is 4.61. The Balaban J connectivity index is 2.40. The molecule has 1 nitrogen and oxygen atoms in total. The zero-order chi connectivity index (χ0) is 14.6. The van der Waals surface area contributed by atoms with E-state index in [0.29, 0.717) is 6.42 Å². The molecule has 0 saturated heterocycles. The van der Waals surface area contributed by atoms with Gasteiger partial charge in [-0.3, -0.25) is 0 Å². The molecule has 0 heterocycles. The van der Waals surface area contributed by atoms with E-state index >= 15 is 0 Å². The summed E-state index contributed by atoms with van der Waals surface area (Å²) >= 11 is 0. The number of rotatable bonds is 5. The van der Waals surface area contributed by atoms with Gasteiger partial charge < -0.3 is 5.11 Å². The number of hydrogen-bond donors (Lipinski definition) is 1. The zero-order valence-electron chi connectivity index (χ0n) is 12.7. The summed E-state index contributed by atoms with van der Waals surface area (Å²) in [6.07, 6.45) is 2.43. The molecule has 2 aromatic carbocycles. The summed E-state index contributed by atoms with van der Waals surface area (Å²) in [6, 6.07) is 16.4. The molecule has 1 unspecified atom stereocenters. The molecule has 0 spiro atoms. The molecule has 2 rings (SSSR count). The Morgan fingerprint density at radius 3 is 2.05 bits per heavy atom. The Labute approximate surface area is 122 Å². The van der Waals surface area contributed by atoms with Crippen LogP contribution in [0.2, 0.25) is 0 Å². The van der Waals surface area contributed by atoms with Crippen molar-refractivity contribution in [2.24, 2.45) is 0 Å². The van der Waals surface area contributed by atoms with Crippen molar-refractivity contribution in [3.8, 4) is 0 Å². The van der Waals surface area contributed by atoms with Crippen molar-refractivity contribution < 1.29 is 5.11 Å². The average molecular weight is 268 g/mol. The van der Waals surface area contributed by atoms with Gasteiger partial charge in [0.25, 0.3) is 0 Å². The Hall–Kier alpha value is -1.60. The van der Waals surface area contributed by atoms with E-state index in [2.05, 4.69) is 39.0 Å². The minimum Gasteiger partial charge on any atom is -0.385 e. The van der Waals surface area contributed by atoms with Crippen LogP contribution in [0.4, 0.5) is 0 Å². The highest BCUT2D eigenvalue weighted by molar-refractivity contribution is 5.36. The van der Waals surface area contributed by atoms with Crippen molar-refractivity contribution >= 4 is 0 Å². The maximum atomic E-state index is 11.2. The van der Waals surface area contributed by atoms with Crippen LogP contribution in [0.15, 0.2) is 48.5 Å². The molecule has 0 aliphatic heterocycles. The van der Waals surface area contributed by atoms with E-state index in [9.17, 15) is 5.11 Å². The van der Waals surface area contributed by atoms with Crippen molar-refractivity contribution in [1.29, 1.82) is 0 Å². The van der Waals surface area contributed by atoms with Gasteiger partial charge in [-0.25, -0.2) is 0 Å². The predicted octanol–water partition coefficient (Wildman–Crippen LogP) is 4.53. The Bertz CT molecular complexity index is 539. The lowest BCUT2D eigenvalue weighted by molar-refractivity contribution is 0.0266. The fourth-order valence-corrected chi connectivity index (χ4v) is 2.92. The highest BCUT2D eigenvalue weighted by Gasteiger charge is 2.29. The number of hydrogen-bond acceptors (Lipinski definition) is 1.